The Kier molecular flexibility index (Phi) is 6.39. The minimum Gasteiger partial charge on any atom is -0.0830 e. The van der Waals surface area contributed by atoms with Crippen molar-refractivity contribution in [2.45, 2.75) is 25.2 Å². The zero-order chi connectivity index (χ0) is 35.3. The molecule has 0 saturated carbocycles. The van der Waals surface area contributed by atoms with Gasteiger partial charge in [-0.2, -0.15) is 0 Å². The van der Waals surface area contributed by atoms with E-state index in [-0.39, 0.29) is 0 Å². The molecule has 0 saturated heterocycles. The molecule has 9 aromatic rings. The average Bonchev–Trinajstić information content (AvgIpc) is 3.24. The molecule has 0 aliphatic heterocycles. The first-order chi connectivity index (χ1) is 26.8. The van der Waals surface area contributed by atoms with Crippen LogP contribution >= 0.6 is 0 Å². The molecular weight excluding hydrogens is 649 g/mol. The molecule has 0 fully saturated rings. The minimum atomic E-state index is 0.365. The fourth-order valence-corrected chi connectivity index (χ4v) is 10.3. The fourth-order valence-electron chi connectivity index (χ4n) is 10.3. The Morgan fingerprint density at radius 3 is 2.13 bits per heavy atom. The average molecular weight is 685 g/mol. The SMILES string of the molecule is C1=Cc2c(-c3ccc4c(C5=Cc6ccccc6CC5)c5ccccc5c(-c5ccc6ccccc6c5)c4c3)ccc3c2C(C1)c1cccc2cccc-3c12. The summed E-state index contributed by atoms with van der Waals surface area (Å²) >= 11 is 0. The molecule has 252 valence electrons. The number of benzene rings is 9. The normalized spacial score (nSPS) is 15.4. The largest absolute Gasteiger partial charge is 0.0830 e. The van der Waals surface area contributed by atoms with Crippen molar-refractivity contribution in [1.29, 1.82) is 0 Å². The van der Waals surface area contributed by atoms with Gasteiger partial charge in [-0.15, -0.1) is 0 Å². The van der Waals surface area contributed by atoms with Gasteiger partial charge in [-0.3, -0.25) is 0 Å². The summed E-state index contributed by atoms with van der Waals surface area (Å²) in [6, 6.07) is 59.7. The van der Waals surface area contributed by atoms with Crippen LogP contribution in [-0.2, 0) is 6.42 Å². The maximum Gasteiger partial charge on any atom is 0.0143 e. The Bertz CT molecular complexity index is 3130. The summed E-state index contributed by atoms with van der Waals surface area (Å²) in [5, 5.41) is 10.6. The second-order valence-electron chi connectivity index (χ2n) is 15.4. The van der Waals surface area contributed by atoms with E-state index in [1.54, 1.807) is 0 Å². The summed E-state index contributed by atoms with van der Waals surface area (Å²) in [6.45, 7) is 0. The zero-order valence-electron chi connectivity index (χ0n) is 29.9. The van der Waals surface area contributed by atoms with Crippen molar-refractivity contribution in [3.63, 3.8) is 0 Å². The highest BCUT2D eigenvalue weighted by molar-refractivity contribution is 6.21. The maximum absolute atomic E-state index is 2.51. The van der Waals surface area contributed by atoms with Gasteiger partial charge in [0.15, 0.2) is 0 Å². The molecular formula is C54H36. The van der Waals surface area contributed by atoms with Gasteiger partial charge in [-0.05, 0) is 147 Å². The predicted molar refractivity (Wildman–Crippen MR) is 231 cm³/mol. The van der Waals surface area contributed by atoms with Crippen LogP contribution in [0.5, 0.6) is 0 Å². The second kappa shape index (κ2) is 11.5. The quantitative estimate of drug-likeness (QED) is 0.163. The van der Waals surface area contributed by atoms with Gasteiger partial charge in [0.25, 0.3) is 0 Å². The van der Waals surface area contributed by atoms with Crippen LogP contribution < -0.4 is 0 Å². The third kappa shape index (κ3) is 4.32. The number of hydrogen-bond acceptors (Lipinski definition) is 0. The number of aryl methyl sites for hydroxylation is 1. The first-order valence-corrected chi connectivity index (χ1v) is 19.4. The topological polar surface area (TPSA) is 0 Å². The van der Waals surface area contributed by atoms with E-state index in [2.05, 4.69) is 176 Å². The van der Waals surface area contributed by atoms with E-state index in [1.807, 2.05) is 0 Å². The third-order valence-electron chi connectivity index (χ3n) is 12.6. The van der Waals surface area contributed by atoms with Gasteiger partial charge in [-0.25, -0.2) is 0 Å². The lowest BCUT2D eigenvalue weighted by molar-refractivity contribution is 0.824. The predicted octanol–water partition coefficient (Wildman–Crippen LogP) is 14.6. The van der Waals surface area contributed by atoms with Crippen LogP contribution in [0.3, 0.4) is 0 Å². The van der Waals surface area contributed by atoms with Gasteiger partial charge < -0.3 is 0 Å². The van der Waals surface area contributed by atoms with Gasteiger partial charge in [0.2, 0.25) is 0 Å². The van der Waals surface area contributed by atoms with E-state index in [9.17, 15) is 0 Å². The molecule has 1 unspecified atom stereocenters. The van der Waals surface area contributed by atoms with Gasteiger partial charge in [0, 0.05) is 5.92 Å². The molecule has 0 spiro atoms. The molecule has 0 nitrogen and oxygen atoms in total. The van der Waals surface area contributed by atoms with E-state index in [4.69, 9.17) is 0 Å². The first-order valence-electron chi connectivity index (χ1n) is 19.4. The zero-order valence-corrected chi connectivity index (χ0v) is 29.9. The third-order valence-corrected chi connectivity index (χ3v) is 12.6. The van der Waals surface area contributed by atoms with Crippen molar-refractivity contribution in [2.75, 3.05) is 0 Å². The van der Waals surface area contributed by atoms with Crippen LogP contribution in [0, 0.1) is 0 Å². The highest BCUT2D eigenvalue weighted by Crippen LogP contribution is 2.52. The first kappa shape index (κ1) is 30.0. The van der Waals surface area contributed by atoms with Gasteiger partial charge in [-0.1, -0.05) is 164 Å². The molecule has 0 N–H and O–H groups in total. The molecule has 54 heavy (non-hydrogen) atoms. The van der Waals surface area contributed by atoms with Gasteiger partial charge in [0.05, 0.1) is 0 Å². The number of hydrogen-bond donors (Lipinski definition) is 0. The van der Waals surface area contributed by atoms with E-state index in [0.717, 1.165) is 19.3 Å². The summed E-state index contributed by atoms with van der Waals surface area (Å²) in [5.74, 6) is 0.365. The van der Waals surface area contributed by atoms with E-state index in [1.165, 1.54) is 115 Å². The maximum atomic E-state index is 2.51. The van der Waals surface area contributed by atoms with Crippen molar-refractivity contribution in [1.82, 2.24) is 0 Å². The summed E-state index contributed by atoms with van der Waals surface area (Å²) < 4.78 is 0. The molecule has 0 radical (unpaired) electrons. The molecule has 0 amide bonds. The molecule has 0 heteroatoms. The molecule has 1 atom stereocenters. The highest BCUT2D eigenvalue weighted by Gasteiger charge is 2.31. The molecule has 0 aromatic heterocycles. The molecule has 3 aliphatic carbocycles. The number of allylic oxidation sites excluding steroid dienone is 2. The summed E-state index contributed by atoms with van der Waals surface area (Å²) in [6.07, 6.45) is 10.4. The van der Waals surface area contributed by atoms with Gasteiger partial charge in [0.1, 0.15) is 0 Å². The molecule has 0 bridgehead atoms. The Labute approximate surface area is 315 Å². The molecule has 0 heterocycles. The Hall–Kier alpha value is -6.50. The van der Waals surface area contributed by atoms with Crippen molar-refractivity contribution in [3.8, 4) is 33.4 Å². The lowest BCUT2D eigenvalue weighted by atomic mass is 9.70. The molecule has 12 rings (SSSR count). The fraction of sp³-hybridized carbons (Fsp3) is 0.0741. The Morgan fingerprint density at radius 1 is 0.463 bits per heavy atom. The second-order valence-corrected chi connectivity index (χ2v) is 15.4. The van der Waals surface area contributed by atoms with Crippen molar-refractivity contribution in [2.24, 2.45) is 0 Å². The van der Waals surface area contributed by atoms with Crippen LogP contribution in [0.1, 0.15) is 52.1 Å². The summed E-state index contributed by atoms with van der Waals surface area (Å²) in [5.41, 5.74) is 17.8. The Morgan fingerprint density at radius 2 is 1.20 bits per heavy atom. The minimum absolute atomic E-state index is 0.365. The lowest BCUT2D eigenvalue weighted by Gasteiger charge is -2.33. The van der Waals surface area contributed by atoms with E-state index in [0.29, 0.717) is 5.92 Å². The van der Waals surface area contributed by atoms with Gasteiger partial charge >= 0.3 is 0 Å². The summed E-state index contributed by atoms with van der Waals surface area (Å²) in [7, 11) is 0. The van der Waals surface area contributed by atoms with Crippen LogP contribution in [0.4, 0.5) is 0 Å². The van der Waals surface area contributed by atoms with Crippen LogP contribution in [0.25, 0.3) is 94.2 Å². The highest BCUT2D eigenvalue weighted by atomic mass is 14.3. The van der Waals surface area contributed by atoms with Crippen LogP contribution in [0.15, 0.2) is 164 Å². The monoisotopic (exact) mass is 684 g/mol. The van der Waals surface area contributed by atoms with Crippen LogP contribution in [-0.4, -0.2) is 0 Å². The number of rotatable bonds is 3. The van der Waals surface area contributed by atoms with Crippen molar-refractivity contribution in [3.05, 3.63) is 197 Å². The van der Waals surface area contributed by atoms with Crippen molar-refractivity contribution < 1.29 is 0 Å². The smallest absolute Gasteiger partial charge is 0.0143 e. The number of fused-ring (bicyclic) bond motifs is 6. The van der Waals surface area contributed by atoms with E-state index >= 15 is 0 Å². The molecule has 3 aliphatic rings. The van der Waals surface area contributed by atoms with Crippen LogP contribution in [0.2, 0.25) is 0 Å². The standard InChI is InChI=1S/C54H36/c1-3-12-36-30-39(24-22-33(36)10-1)52-43-16-5-6-17-44(43)53(40-25-23-34-11-2-4-13-37(34)31-40)50-32-38(26-27-49(50)52)41-28-29-48-46-19-8-15-35-14-7-18-45(51(35)46)47-21-9-20-42(41)54(47)48/h1-20,23,25-32,47H,21-22,24H2. The molecule has 9 aromatic carbocycles. The lowest BCUT2D eigenvalue weighted by Crippen LogP contribution is -2.13. The summed E-state index contributed by atoms with van der Waals surface area (Å²) in [4.78, 5) is 0. The Balaban J connectivity index is 1.15. The van der Waals surface area contributed by atoms with Crippen molar-refractivity contribution >= 4 is 60.8 Å². The van der Waals surface area contributed by atoms with E-state index < -0.39 is 0 Å².